The third-order valence-corrected chi connectivity index (χ3v) is 11.3. The van der Waals surface area contributed by atoms with E-state index >= 15 is 0 Å². The first-order chi connectivity index (χ1) is 20.3. The maximum atomic E-state index is 12.4. The predicted molar refractivity (Wildman–Crippen MR) is 165 cm³/mol. The summed E-state index contributed by atoms with van der Waals surface area (Å²) in [5.74, 6) is -2.36. The van der Waals surface area contributed by atoms with Gasteiger partial charge in [-0.05, 0) is 86.7 Å². The van der Waals surface area contributed by atoms with Crippen LogP contribution in [-0.4, -0.2) is 59.5 Å². The molecule has 44 heavy (non-hydrogen) atoms. The van der Waals surface area contributed by atoms with Crippen LogP contribution in [0.2, 0.25) is 0 Å². The summed E-state index contributed by atoms with van der Waals surface area (Å²) in [5, 5.41) is 20.8. The van der Waals surface area contributed by atoms with Gasteiger partial charge in [-0.15, -0.1) is 0 Å². The molecule has 3 rings (SSSR count). The largest absolute Gasteiger partial charge is 0.478 e. The number of hydrogen-bond donors (Lipinski definition) is 2. The molecule has 0 amide bonds. The van der Waals surface area contributed by atoms with Gasteiger partial charge in [0, 0.05) is 43.6 Å². The van der Waals surface area contributed by atoms with Gasteiger partial charge in [0.1, 0.15) is 12.7 Å². The second-order valence-corrected chi connectivity index (χ2v) is 14.2. The number of carboxylic acid groups (broad SMARTS) is 1. The van der Waals surface area contributed by atoms with Gasteiger partial charge in [-0.1, -0.05) is 39.0 Å². The van der Waals surface area contributed by atoms with Crippen molar-refractivity contribution < 1.29 is 43.6 Å². The van der Waals surface area contributed by atoms with Crippen molar-refractivity contribution >= 4 is 23.9 Å². The molecular formula is C35H52O9. The third-order valence-electron chi connectivity index (χ3n) is 11.3. The average Bonchev–Trinajstić information content (AvgIpc) is 3.22. The molecule has 3 aliphatic carbocycles. The Morgan fingerprint density at radius 2 is 1.75 bits per heavy atom. The van der Waals surface area contributed by atoms with Gasteiger partial charge in [0.2, 0.25) is 0 Å². The summed E-state index contributed by atoms with van der Waals surface area (Å²) in [6, 6.07) is 0. The number of carbonyl (C=O) groups is 4. The zero-order valence-electron chi connectivity index (χ0n) is 28.0. The molecule has 246 valence electrons. The number of fused-ring (bicyclic) bond motifs is 3. The van der Waals surface area contributed by atoms with Crippen LogP contribution in [0.1, 0.15) is 100 Å². The number of carboxylic acids is 1. The molecule has 0 radical (unpaired) electrons. The lowest BCUT2D eigenvalue weighted by Gasteiger charge is -2.58. The Hall–Kier alpha value is -2.94. The molecular weight excluding hydrogens is 564 g/mol. The number of aliphatic carboxylic acids is 1. The van der Waals surface area contributed by atoms with Crippen molar-refractivity contribution in [3.63, 3.8) is 0 Å². The predicted octanol–water partition coefficient (Wildman–Crippen LogP) is 5.95. The molecule has 9 nitrogen and oxygen atoms in total. The lowest BCUT2D eigenvalue weighted by molar-refractivity contribution is -0.151. The maximum absolute atomic E-state index is 12.4. The lowest BCUT2D eigenvalue weighted by atomic mass is 9.47. The van der Waals surface area contributed by atoms with Gasteiger partial charge in [0.05, 0.1) is 12.7 Å². The van der Waals surface area contributed by atoms with Gasteiger partial charge in [-0.2, -0.15) is 0 Å². The number of hydrogen-bond acceptors (Lipinski definition) is 8. The highest BCUT2D eigenvalue weighted by atomic mass is 16.5. The van der Waals surface area contributed by atoms with Crippen molar-refractivity contribution in [2.75, 3.05) is 13.7 Å². The fraction of sp³-hybridized carbons (Fsp3) is 0.714. The molecule has 2 N–H and O–H groups in total. The highest BCUT2D eigenvalue weighted by molar-refractivity contribution is 5.85. The van der Waals surface area contributed by atoms with Crippen LogP contribution in [0.3, 0.4) is 0 Å². The van der Waals surface area contributed by atoms with Gasteiger partial charge in [-0.3, -0.25) is 14.4 Å². The van der Waals surface area contributed by atoms with E-state index in [9.17, 15) is 29.4 Å². The summed E-state index contributed by atoms with van der Waals surface area (Å²) >= 11 is 0. The van der Waals surface area contributed by atoms with Gasteiger partial charge >= 0.3 is 23.9 Å². The van der Waals surface area contributed by atoms with Gasteiger partial charge in [0.15, 0.2) is 0 Å². The Kier molecular flexibility index (Phi) is 10.7. The molecule has 1 saturated carbocycles. The molecule has 9 heteroatoms. The molecule has 0 saturated heterocycles. The van der Waals surface area contributed by atoms with Crippen LogP contribution in [0.25, 0.3) is 0 Å². The summed E-state index contributed by atoms with van der Waals surface area (Å²) in [5.41, 5.74) is 0.00740. The highest BCUT2D eigenvalue weighted by Gasteiger charge is 2.63. The standard InChI is InChI=1S/C35H52O9/c1-21(31(39)40)10-12-28(44-24(4)37)22(2)25-14-17-34(8)26-11-13-29(32(5,6)41)35(20-43-23(3)36,19-16-30(38)42-9)27(26)15-18-33(25,34)7/h10-11,15,22,25,28-29,41H,12-14,16-20H2,1-9H3,(H,39,40)/b21-10-/t22-,25+,28-,29-,33+,34-,35-/m0/s1. The number of esters is 3. The van der Waals surface area contributed by atoms with Crippen LogP contribution in [0.4, 0.5) is 0 Å². The van der Waals surface area contributed by atoms with Gasteiger partial charge in [-0.25, -0.2) is 4.79 Å². The molecule has 7 atom stereocenters. The van der Waals surface area contributed by atoms with Crippen LogP contribution >= 0.6 is 0 Å². The van der Waals surface area contributed by atoms with Gasteiger partial charge in [0.25, 0.3) is 0 Å². The minimum Gasteiger partial charge on any atom is -0.478 e. The lowest BCUT2D eigenvalue weighted by Crippen LogP contribution is -2.54. The summed E-state index contributed by atoms with van der Waals surface area (Å²) in [6.07, 6.45) is 9.46. The van der Waals surface area contributed by atoms with Crippen LogP contribution in [0.15, 0.2) is 34.9 Å². The molecule has 1 fully saturated rings. The van der Waals surface area contributed by atoms with Crippen molar-refractivity contribution in [1.29, 1.82) is 0 Å². The van der Waals surface area contributed by atoms with Crippen molar-refractivity contribution in [2.45, 2.75) is 112 Å². The van der Waals surface area contributed by atoms with Crippen LogP contribution in [0, 0.1) is 34.0 Å². The zero-order chi connectivity index (χ0) is 33.3. The number of carbonyl (C=O) groups excluding carboxylic acids is 3. The Balaban J connectivity index is 2.11. The second-order valence-electron chi connectivity index (χ2n) is 14.2. The first kappa shape index (κ1) is 35.5. The molecule has 0 spiro atoms. The fourth-order valence-electron chi connectivity index (χ4n) is 8.70. The highest BCUT2D eigenvalue weighted by Crippen LogP contribution is 2.70. The molecule has 0 aliphatic heterocycles. The monoisotopic (exact) mass is 616 g/mol. The molecule has 0 unspecified atom stereocenters. The Morgan fingerprint density at radius 3 is 2.30 bits per heavy atom. The van der Waals surface area contributed by atoms with Gasteiger partial charge < -0.3 is 24.4 Å². The number of ether oxygens (including phenoxy) is 3. The smallest absolute Gasteiger partial charge is 0.330 e. The summed E-state index contributed by atoms with van der Waals surface area (Å²) in [7, 11) is 1.36. The SMILES string of the molecule is COC(=O)CC[C@]1(COC(C)=O)C2=CC[C@]3(C)[C@@H]([C@H](C)[C@H](C/C=C(/C)C(=O)O)OC(C)=O)CC[C@@]3(C)C2=CC[C@H]1C(C)(C)O. The maximum Gasteiger partial charge on any atom is 0.330 e. The second kappa shape index (κ2) is 13.2. The van der Waals surface area contributed by atoms with Crippen molar-refractivity contribution in [3.8, 4) is 0 Å². The van der Waals surface area contributed by atoms with E-state index in [1.54, 1.807) is 19.9 Å². The van der Waals surface area contributed by atoms with Crippen LogP contribution in [-0.2, 0) is 33.4 Å². The number of methoxy groups -OCH3 is 1. The third kappa shape index (κ3) is 6.68. The summed E-state index contributed by atoms with van der Waals surface area (Å²) in [4.78, 5) is 48.1. The first-order valence-electron chi connectivity index (χ1n) is 15.8. The summed E-state index contributed by atoms with van der Waals surface area (Å²) in [6.45, 7) is 14.6. The molecule has 0 heterocycles. The topological polar surface area (TPSA) is 136 Å². The number of aliphatic hydroxyl groups is 1. The quantitative estimate of drug-likeness (QED) is 0.155. The molecule has 0 bridgehead atoms. The molecule has 0 aromatic heterocycles. The van der Waals surface area contributed by atoms with E-state index in [2.05, 4.69) is 32.9 Å². The zero-order valence-corrected chi connectivity index (χ0v) is 28.0. The molecule has 0 aromatic rings. The van der Waals surface area contributed by atoms with Crippen molar-refractivity contribution in [2.24, 2.45) is 34.0 Å². The van der Waals surface area contributed by atoms with Crippen LogP contribution in [0.5, 0.6) is 0 Å². The fourth-order valence-corrected chi connectivity index (χ4v) is 8.70. The molecule has 3 aliphatic rings. The Labute approximate surface area is 262 Å². The normalized spacial score (nSPS) is 31.5. The first-order valence-corrected chi connectivity index (χ1v) is 15.8. The Morgan fingerprint density at radius 1 is 1.09 bits per heavy atom. The average molecular weight is 617 g/mol. The van der Waals surface area contributed by atoms with E-state index in [-0.39, 0.29) is 53.2 Å². The van der Waals surface area contributed by atoms with E-state index < -0.39 is 35.0 Å². The Bertz CT molecular complexity index is 1240. The van der Waals surface area contributed by atoms with Crippen molar-refractivity contribution in [3.05, 3.63) is 34.9 Å². The number of allylic oxidation sites excluding steroid dienone is 3. The molecule has 0 aromatic carbocycles. The minimum absolute atomic E-state index is 0.0445. The van der Waals surface area contributed by atoms with E-state index in [0.29, 0.717) is 25.7 Å². The van der Waals surface area contributed by atoms with E-state index in [4.69, 9.17) is 14.2 Å². The van der Waals surface area contributed by atoms with E-state index in [0.717, 1.165) is 18.4 Å². The minimum atomic E-state index is -1.12. The summed E-state index contributed by atoms with van der Waals surface area (Å²) < 4.78 is 16.5. The number of rotatable bonds is 12. The van der Waals surface area contributed by atoms with E-state index in [1.165, 1.54) is 33.5 Å². The van der Waals surface area contributed by atoms with Crippen molar-refractivity contribution in [1.82, 2.24) is 0 Å². The van der Waals surface area contributed by atoms with Crippen LogP contribution < -0.4 is 0 Å². The van der Waals surface area contributed by atoms with E-state index in [1.807, 2.05) is 0 Å².